The first-order chi connectivity index (χ1) is 13.4. The summed E-state index contributed by atoms with van der Waals surface area (Å²) in [5, 5.41) is 18.8. The van der Waals surface area contributed by atoms with E-state index >= 15 is 0 Å². The zero-order valence-corrected chi connectivity index (χ0v) is 15.3. The van der Waals surface area contributed by atoms with Gasteiger partial charge in [0.05, 0.1) is 20.6 Å². The first-order valence-electron chi connectivity index (χ1n) is 8.33. The topological polar surface area (TPSA) is 106 Å². The third-order valence-corrected chi connectivity index (χ3v) is 4.20. The van der Waals surface area contributed by atoms with Gasteiger partial charge in [-0.25, -0.2) is 4.79 Å². The van der Waals surface area contributed by atoms with Crippen LogP contribution in [0.3, 0.4) is 0 Å². The minimum atomic E-state index is -1.09. The summed E-state index contributed by atoms with van der Waals surface area (Å²) in [4.78, 5) is 22.3. The van der Waals surface area contributed by atoms with E-state index < -0.39 is 11.9 Å². The molecule has 7 nitrogen and oxygen atoms in total. The molecule has 28 heavy (non-hydrogen) atoms. The smallest absolute Gasteiger partial charge is 0.328 e. The van der Waals surface area contributed by atoms with E-state index in [4.69, 9.17) is 19.0 Å². The van der Waals surface area contributed by atoms with Crippen LogP contribution in [0, 0.1) is 0 Å². The summed E-state index contributed by atoms with van der Waals surface area (Å²) in [5.74, 6) is -0.635. The van der Waals surface area contributed by atoms with E-state index in [0.29, 0.717) is 44.9 Å². The van der Waals surface area contributed by atoms with Crippen LogP contribution in [-0.2, 0) is 16.0 Å². The maximum atomic E-state index is 11.5. The van der Waals surface area contributed by atoms with E-state index in [1.54, 1.807) is 43.5 Å². The van der Waals surface area contributed by atoms with Gasteiger partial charge in [-0.2, -0.15) is 0 Å². The van der Waals surface area contributed by atoms with Crippen molar-refractivity contribution >= 4 is 29.0 Å². The number of carbonyl (C=O) groups is 2. The van der Waals surface area contributed by atoms with Gasteiger partial charge in [-0.05, 0) is 48.0 Å². The van der Waals surface area contributed by atoms with Gasteiger partial charge >= 0.3 is 11.9 Å². The maximum absolute atomic E-state index is 11.5. The summed E-state index contributed by atoms with van der Waals surface area (Å²) >= 11 is 0. The second-order valence-corrected chi connectivity index (χ2v) is 5.98. The van der Waals surface area contributed by atoms with Crippen LogP contribution in [0.15, 0.2) is 46.9 Å². The third-order valence-electron chi connectivity index (χ3n) is 4.20. The molecule has 144 valence electrons. The van der Waals surface area contributed by atoms with Crippen LogP contribution >= 0.6 is 0 Å². The molecule has 3 rings (SSSR count). The number of furan rings is 1. The standard InChI is InChI=1S/C21H18O7/c1-26-14-6-4-13(5-7-14)20-16(11-19(24)25)15-9-12(3-8-18(22)23)10-17(27-2)21(15)28-20/h3-10H,11H2,1-2H3,(H,22,23)(H,24,25)/b8-3+. The van der Waals surface area contributed by atoms with Crippen molar-refractivity contribution in [3.63, 3.8) is 0 Å². The van der Waals surface area contributed by atoms with E-state index in [-0.39, 0.29) is 6.42 Å². The fourth-order valence-corrected chi connectivity index (χ4v) is 2.96. The minimum Gasteiger partial charge on any atom is -0.497 e. The molecule has 1 aromatic heterocycles. The van der Waals surface area contributed by atoms with Crippen molar-refractivity contribution < 1.29 is 33.7 Å². The molecule has 0 aliphatic rings. The Morgan fingerprint density at radius 2 is 1.79 bits per heavy atom. The number of carboxylic acid groups (broad SMARTS) is 2. The number of fused-ring (bicyclic) bond motifs is 1. The van der Waals surface area contributed by atoms with Crippen molar-refractivity contribution in [2.24, 2.45) is 0 Å². The summed E-state index contributed by atoms with van der Waals surface area (Å²) in [6.07, 6.45) is 2.15. The van der Waals surface area contributed by atoms with Gasteiger partial charge in [0, 0.05) is 22.6 Å². The molecule has 0 unspecified atom stereocenters. The molecule has 7 heteroatoms. The van der Waals surface area contributed by atoms with Crippen LogP contribution in [-0.4, -0.2) is 36.4 Å². The van der Waals surface area contributed by atoms with Crippen LogP contribution in [0.1, 0.15) is 11.1 Å². The third kappa shape index (κ3) is 3.83. The molecule has 0 radical (unpaired) electrons. The van der Waals surface area contributed by atoms with Gasteiger partial charge in [0.1, 0.15) is 11.5 Å². The van der Waals surface area contributed by atoms with Crippen LogP contribution < -0.4 is 9.47 Å². The SMILES string of the molecule is COc1ccc(-c2oc3c(OC)cc(/C=C/C(=O)O)cc3c2CC(=O)O)cc1. The lowest BCUT2D eigenvalue weighted by atomic mass is 10.0. The lowest BCUT2D eigenvalue weighted by Gasteiger charge is -2.04. The number of methoxy groups -OCH3 is 2. The predicted molar refractivity (Wildman–Crippen MR) is 103 cm³/mol. The Bertz CT molecular complexity index is 1060. The summed E-state index contributed by atoms with van der Waals surface area (Å²) in [6, 6.07) is 10.4. The normalized spacial score (nSPS) is 11.1. The first-order valence-corrected chi connectivity index (χ1v) is 8.33. The van der Waals surface area contributed by atoms with E-state index in [1.165, 1.54) is 13.2 Å². The monoisotopic (exact) mass is 382 g/mol. The van der Waals surface area contributed by atoms with Gasteiger partial charge in [0.25, 0.3) is 0 Å². The molecule has 3 aromatic rings. The summed E-state index contributed by atoms with van der Waals surface area (Å²) in [7, 11) is 3.02. The van der Waals surface area contributed by atoms with Crippen LogP contribution in [0.25, 0.3) is 28.4 Å². The Labute approximate surface area is 160 Å². The molecule has 0 aliphatic carbocycles. The highest BCUT2D eigenvalue weighted by atomic mass is 16.5. The zero-order valence-electron chi connectivity index (χ0n) is 15.3. The Balaban J connectivity index is 2.25. The Kier molecular flexibility index (Phi) is 5.35. The fourth-order valence-electron chi connectivity index (χ4n) is 2.96. The predicted octanol–water partition coefficient (Wildman–Crippen LogP) is 3.84. The molecule has 0 bridgehead atoms. The van der Waals surface area contributed by atoms with Gasteiger partial charge < -0.3 is 24.1 Å². The molecule has 2 aromatic carbocycles. The van der Waals surface area contributed by atoms with E-state index in [1.807, 2.05) is 0 Å². The van der Waals surface area contributed by atoms with Gasteiger partial charge in [0.15, 0.2) is 11.3 Å². The molecular formula is C21H18O7. The number of rotatable bonds is 7. The largest absolute Gasteiger partial charge is 0.497 e. The van der Waals surface area contributed by atoms with Crippen molar-refractivity contribution in [1.29, 1.82) is 0 Å². The van der Waals surface area contributed by atoms with Crippen LogP contribution in [0.4, 0.5) is 0 Å². The molecule has 0 amide bonds. The average molecular weight is 382 g/mol. The zero-order chi connectivity index (χ0) is 20.3. The molecule has 1 heterocycles. The number of hydrogen-bond acceptors (Lipinski definition) is 5. The van der Waals surface area contributed by atoms with Gasteiger partial charge in [-0.3, -0.25) is 4.79 Å². The molecule has 0 aliphatic heterocycles. The number of ether oxygens (including phenoxy) is 2. The number of carboxylic acids is 2. The van der Waals surface area contributed by atoms with E-state index in [0.717, 1.165) is 6.08 Å². The second-order valence-electron chi connectivity index (χ2n) is 5.98. The van der Waals surface area contributed by atoms with Crippen LogP contribution in [0.2, 0.25) is 0 Å². The molecule has 0 fully saturated rings. The molecule has 2 N–H and O–H groups in total. The number of benzene rings is 2. The highest BCUT2D eigenvalue weighted by molar-refractivity contribution is 5.96. The van der Waals surface area contributed by atoms with Crippen molar-refractivity contribution in [2.45, 2.75) is 6.42 Å². The molecule has 0 spiro atoms. The Morgan fingerprint density at radius 1 is 1.07 bits per heavy atom. The van der Waals surface area contributed by atoms with Crippen LogP contribution in [0.5, 0.6) is 11.5 Å². The van der Waals surface area contributed by atoms with E-state index in [9.17, 15) is 14.7 Å². The van der Waals surface area contributed by atoms with Gasteiger partial charge in [0.2, 0.25) is 0 Å². The van der Waals surface area contributed by atoms with Gasteiger partial charge in [-0.15, -0.1) is 0 Å². The number of aliphatic carboxylic acids is 2. The lowest BCUT2D eigenvalue weighted by molar-refractivity contribution is -0.136. The summed E-state index contributed by atoms with van der Waals surface area (Å²) in [5.41, 5.74) is 2.13. The Morgan fingerprint density at radius 3 is 2.36 bits per heavy atom. The molecule has 0 saturated carbocycles. The Hall–Kier alpha value is -3.74. The van der Waals surface area contributed by atoms with Crippen molar-refractivity contribution in [1.82, 2.24) is 0 Å². The quantitative estimate of drug-likeness (QED) is 0.598. The lowest BCUT2D eigenvalue weighted by Crippen LogP contribution is -2.00. The minimum absolute atomic E-state index is 0.260. The van der Waals surface area contributed by atoms with Crippen molar-refractivity contribution in [3.05, 3.63) is 53.6 Å². The molecular weight excluding hydrogens is 364 g/mol. The van der Waals surface area contributed by atoms with Crippen molar-refractivity contribution in [3.8, 4) is 22.8 Å². The summed E-state index contributed by atoms with van der Waals surface area (Å²) in [6.45, 7) is 0. The number of hydrogen-bond donors (Lipinski definition) is 2. The van der Waals surface area contributed by atoms with Gasteiger partial charge in [-0.1, -0.05) is 0 Å². The van der Waals surface area contributed by atoms with E-state index in [2.05, 4.69) is 0 Å². The average Bonchev–Trinajstić information content (AvgIpc) is 3.03. The molecule has 0 atom stereocenters. The maximum Gasteiger partial charge on any atom is 0.328 e. The first kappa shape index (κ1) is 19.0. The summed E-state index contributed by atoms with van der Waals surface area (Å²) < 4.78 is 16.5. The molecule has 0 saturated heterocycles. The highest BCUT2D eigenvalue weighted by Crippen LogP contribution is 2.39. The fraction of sp³-hybridized carbons (Fsp3) is 0.143. The second kappa shape index (κ2) is 7.87. The highest BCUT2D eigenvalue weighted by Gasteiger charge is 2.21. The van der Waals surface area contributed by atoms with Crippen molar-refractivity contribution in [2.75, 3.05) is 14.2 Å².